The fourth-order valence-corrected chi connectivity index (χ4v) is 0.659. The highest BCUT2D eigenvalue weighted by Gasteiger charge is 2.26. The second-order valence-electron chi connectivity index (χ2n) is 3.78. The molecular weight excluding hydrogens is 200 g/mol. The summed E-state index contributed by atoms with van der Waals surface area (Å²) in [5, 5.41) is 0. The molecule has 0 aromatic carbocycles. The predicted octanol–water partition coefficient (Wildman–Crippen LogP) is 0.706. The van der Waals surface area contributed by atoms with Crippen LogP contribution in [0, 0.1) is 5.92 Å². The Labute approximate surface area is 88.7 Å². The third-order valence-corrected chi connectivity index (χ3v) is 1.26. The first-order valence-electron chi connectivity index (χ1n) is 4.76. The number of hydrogen-bond donors (Lipinski definition) is 0. The second kappa shape index (κ2) is 6.16. The van der Waals surface area contributed by atoms with Crippen molar-refractivity contribution >= 4 is 17.7 Å². The molecule has 0 spiro atoms. The van der Waals surface area contributed by atoms with E-state index in [1.807, 2.05) is 13.8 Å². The van der Waals surface area contributed by atoms with Crippen molar-refractivity contribution in [2.75, 3.05) is 6.61 Å². The van der Waals surface area contributed by atoms with E-state index in [1.54, 1.807) is 13.8 Å². The third-order valence-electron chi connectivity index (χ3n) is 1.26. The first-order valence-corrected chi connectivity index (χ1v) is 4.76. The van der Waals surface area contributed by atoms with Crippen LogP contribution in [0.4, 0.5) is 0 Å². The van der Waals surface area contributed by atoms with Gasteiger partial charge in [0.1, 0.15) is 0 Å². The van der Waals surface area contributed by atoms with E-state index >= 15 is 0 Å². The lowest BCUT2D eigenvalue weighted by Crippen LogP contribution is -2.30. The maximum Gasteiger partial charge on any atom is 0.387 e. The molecule has 0 fully saturated rings. The SMILES string of the molecule is CC(C)COC(=O)C(=O)C(=O)OC(C)C. The molecule has 0 aliphatic heterocycles. The smallest absolute Gasteiger partial charge is 0.387 e. The first-order chi connectivity index (χ1) is 6.84. The maximum atomic E-state index is 11.0. The van der Waals surface area contributed by atoms with Crippen molar-refractivity contribution in [3.05, 3.63) is 0 Å². The molecule has 0 N–H and O–H groups in total. The van der Waals surface area contributed by atoms with Gasteiger partial charge in [0.05, 0.1) is 12.7 Å². The predicted molar refractivity (Wildman–Crippen MR) is 52.0 cm³/mol. The normalized spacial score (nSPS) is 10.3. The number of carbonyl (C=O) groups is 3. The van der Waals surface area contributed by atoms with Gasteiger partial charge in [-0.1, -0.05) is 13.8 Å². The molecule has 0 aliphatic carbocycles. The van der Waals surface area contributed by atoms with Crippen molar-refractivity contribution in [2.24, 2.45) is 5.92 Å². The van der Waals surface area contributed by atoms with Gasteiger partial charge in [0, 0.05) is 0 Å². The molecular formula is C10H16O5. The van der Waals surface area contributed by atoms with Gasteiger partial charge in [-0.2, -0.15) is 0 Å². The quantitative estimate of drug-likeness (QED) is 0.384. The summed E-state index contributed by atoms with van der Waals surface area (Å²) in [5.41, 5.74) is 0. The van der Waals surface area contributed by atoms with E-state index in [1.165, 1.54) is 0 Å². The number of Topliss-reactive ketones (excluding diaryl/α,β-unsaturated/α-hetero) is 1. The number of carbonyl (C=O) groups excluding carboxylic acids is 3. The molecule has 0 saturated heterocycles. The summed E-state index contributed by atoms with van der Waals surface area (Å²) < 4.78 is 9.13. The lowest BCUT2D eigenvalue weighted by molar-refractivity contribution is -0.166. The maximum absolute atomic E-state index is 11.0. The van der Waals surface area contributed by atoms with E-state index < -0.39 is 23.8 Å². The largest absolute Gasteiger partial charge is 0.459 e. The Morgan fingerprint density at radius 2 is 1.53 bits per heavy atom. The molecule has 5 heteroatoms. The van der Waals surface area contributed by atoms with Crippen LogP contribution in [0.3, 0.4) is 0 Å². The Bertz CT molecular complexity index is 255. The van der Waals surface area contributed by atoms with Gasteiger partial charge in [0.25, 0.3) is 0 Å². The Kier molecular flexibility index (Phi) is 5.59. The van der Waals surface area contributed by atoms with Crippen molar-refractivity contribution in [1.29, 1.82) is 0 Å². The van der Waals surface area contributed by atoms with E-state index in [0.717, 1.165) is 0 Å². The van der Waals surface area contributed by atoms with Gasteiger partial charge in [-0.25, -0.2) is 9.59 Å². The van der Waals surface area contributed by atoms with Gasteiger partial charge < -0.3 is 9.47 Å². The zero-order valence-corrected chi connectivity index (χ0v) is 9.40. The highest BCUT2D eigenvalue weighted by Crippen LogP contribution is 1.96. The second-order valence-corrected chi connectivity index (χ2v) is 3.78. The van der Waals surface area contributed by atoms with Crippen LogP contribution < -0.4 is 0 Å². The summed E-state index contributed by atoms with van der Waals surface area (Å²) in [6.45, 7) is 6.93. The van der Waals surface area contributed by atoms with Crippen LogP contribution >= 0.6 is 0 Å². The summed E-state index contributed by atoms with van der Waals surface area (Å²) in [6, 6.07) is 0. The Morgan fingerprint density at radius 3 is 1.93 bits per heavy atom. The topological polar surface area (TPSA) is 69.7 Å². The van der Waals surface area contributed by atoms with E-state index in [4.69, 9.17) is 0 Å². The first kappa shape index (κ1) is 13.6. The zero-order chi connectivity index (χ0) is 12.0. The van der Waals surface area contributed by atoms with E-state index in [-0.39, 0.29) is 12.5 Å². The van der Waals surface area contributed by atoms with Crippen LogP contribution in [0.2, 0.25) is 0 Å². The van der Waals surface area contributed by atoms with Gasteiger partial charge in [0.15, 0.2) is 0 Å². The van der Waals surface area contributed by atoms with Crippen molar-refractivity contribution in [3.63, 3.8) is 0 Å². The van der Waals surface area contributed by atoms with Crippen LogP contribution in [0.25, 0.3) is 0 Å². The molecule has 86 valence electrons. The lowest BCUT2D eigenvalue weighted by atomic mass is 10.2. The summed E-state index contributed by atoms with van der Waals surface area (Å²) in [7, 11) is 0. The van der Waals surface area contributed by atoms with Crippen LogP contribution in [-0.2, 0) is 23.9 Å². The van der Waals surface area contributed by atoms with Crippen LogP contribution in [0.1, 0.15) is 27.7 Å². The molecule has 0 aliphatic rings. The summed E-state index contributed by atoms with van der Waals surface area (Å²) in [4.78, 5) is 33.0. The minimum absolute atomic E-state index is 0.111. The number of ketones is 1. The monoisotopic (exact) mass is 216 g/mol. The van der Waals surface area contributed by atoms with Gasteiger partial charge >= 0.3 is 17.7 Å². The minimum Gasteiger partial charge on any atom is -0.459 e. The summed E-state index contributed by atoms with van der Waals surface area (Å²) in [5.74, 6) is -3.47. The lowest BCUT2D eigenvalue weighted by Gasteiger charge is -2.07. The van der Waals surface area contributed by atoms with Gasteiger partial charge in [-0.3, -0.25) is 4.79 Å². The molecule has 0 rings (SSSR count). The number of ether oxygens (including phenoxy) is 2. The average Bonchev–Trinajstić information content (AvgIpc) is 2.11. The molecule has 0 amide bonds. The molecule has 0 atom stereocenters. The number of rotatable bonds is 5. The van der Waals surface area contributed by atoms with Crippen LogP contribution in [-0.4, -0.2) is 30.4 Å². The highest BCUT2D eigenvalue weighted by atomic mass is 16.6. The van der Waals surface area contributed by atoms with Gasteiger partial charge in [0.2, 0.25) is 0 Å². The average molecular weight is 216 g/mol. The fourth-order valence-electron chi connectivity index (χ4n) is 0.659. The Balaban J connectivity index is 4.09. The van der Waals surface area contributed by atoms with Crippen molar-refractivity contribution in [3.8, 4) is 0 Å². The summed E-state index contributed by atoms with van der Waals surface area (Å²) >= 11 is 0. The van der Waals surface area contributed by atoms with Gasteiger partial charge in [-0.15, -0.1) is 0 Å². The van der Waals surface area contributed by atoms with Crippen molar-refractivity contribution < 1.29 is 23.9 Å². The molecule has 0 aromatic rings. The number of hydrogen-bond acceptors (Lipinski definition) is 5. The standard InChI is InChI=1S/C10H16O5/c1-6(2)5-14-9(12)8(11)10(13)15-7(3)4/h6-7H,5H2,1-4H3. The molecule has 0 aromatic heterocycles. The van der Waals surface area contributed by atoms with Crippen molar-refractivity contribution in [2.45, 2.75) is 33.8 Å². The fraction of sp³-hybridized carbons (Fsp3) is 0.700. The van der Waals surface area contributed by atoms with Crippen molar-refractivity contribution in [1.82, 2.24) is 0 Å². The number of esters is 2. The third kappa shape index (κ3) is 5.83. The zero-order valence-electron chi connectivity index (χ0n) is 9.40. The molecule has 0 radical (unpaired) electrons. The molecule has 0 saturated carbocycles. The molecule has 15 heavy (non-hydrogen) atoms. The van der Waals surface area contributed by atoms with E-state index in [2.05, 4.69) is 9.47 Å². The van der Waals surface area contributed by atoms with Gasteiger partial charge in [-0.05, 0) is 19.8 Å². The van der Waals surface area contributed by atoms with Crippen LogP contribution in [0.5, 0.6) is 0 Å². The molecule has 0 unspecified atom stereocenters. The van der Waals surface area contributed by atoms with E-state index in [9.17, 15) is 14.4 Å². The Morgan fingerprint density at radius 1 is 1.00 bits per heavy atom. The van der Waals surface area contributed by atoms with Crippen LogP contribution in [0.15, 0.2) is 0 Å². The Hall–Kier alpha value is -1.39. The summed E-state index contributed by atoms with van der Waals surface area (Å²) in [6.07, 6.45) is -0.431. The molecule has 0 bridgehead atoms. The van der Waals surface area contributed by atoms with E-state index in [0.29, 0.717) is 0 Å². The molecule has 0 heterocycles. The molecule has 5 nitrogen and oxygen atoms in total. The minimum atomic E-state index is -1.26. The highest BCUT2D eigenvalue weighted by molar-refractivity contribution is 6.60.